The molecule has 5 heteroatoms. The molecule has 0 spiro atoms. The van der Waals surface area contributed by atoms with Gasteiger partial charge >= 0.3 is 0 Å². The van der Waals surface area contributed by atoms with Gasteiger partial charge in [-0.25, -0.2) is 4.98 Å². The molecule has 84 valence electrons. The first-order chi connectivity index (χ1) is 7.04. The third kappa shape index (κ3) is 3.79. The largest absolute Gasteiger partial charge is 0.309 e. The molecule has 1 atom stereocenters. The molecule has 0 aromatic carbocycles. The number of H-pyrrole nitrogens is 1. The first kappa shape index (κ1) is 13.0. The second kappa shape index (κ2) is 5.89. The molecule has 0 radical (unpaired) electrons. The summed E-state index contributed by atoms with van der Waals surface area (Å²) in [5.41, 5.74) is 0.793. The Hall–Kier alpha value is -0.0400. The van der Waals surface area contributed by atoms with Crippen molar-refractivity contribution in [2.24, 2.45) is 0 Å². The van der Waals surface area contributed by atoms with Crippen LogP contribution in [-0.2, 0) is 5.75 Å². The van der Waals surface area contributed by atoms with Crippen LogP contribution in [0.1, 0.15) is 31.8 Å². The van der Waals surface area contributed by atoms with Gasteiger partial charge in [0.15, 0.2) is 0 Å². The highest BCUT2D eigenvalue weighted by Crippen LogP contribution is 2.17. The van der Waals surface area contributed by atoms with Gasteiger partial charge in [-0.2, -0.15) is 11.8 Å². The summed E-state index contributed by atoms with van der Waals surface area (Å²) in [6.45, 7) is 6.21. The normalized spacial score (nSPS) is 12.8. The van der Waals surface area contributed by atoms with Gasteiger partial charge in [0, 0.05) is 5.25 Å². The molecule has 1 aromatic rings. The van der Waals surface area contributed by atoms with Gasteiger partial charge in [0.05, 0.1) is 15.0 Å². The average Bonchev–Trinajstić information content (AvgIpc) is 2.22. The van der Waals surface area contributed by atoms with Crippen molar-refractivity contribution in [1.29, 1.82) is 0 Å². The van der Waals surface area contributed by atoms with Gasteiger partial charge in [-0.3, -0.25) is 4.79 Å². The lowest BCUT2D eigenvalue weighted by Crippen LogP contribution is -2.16. The number of hydrogen-bond acceptors (Lipinski definition) is 3. The van der Waals surface area contributed by atoms with Crippen molar-refractivity contribution in [3.63, 3.8) is 0 Å². The minimum atomic E-state index is -0.0251. The van der Waals surface area contributed by atoms with Gasteiger partial charge in [0.1, 0.15) is 5.82 Å². The fourth-order valence-corrected chi connectivity index (χ4v) is 2.11. The first-order valence-electron chi connectivity index (χ1n) is 4.91. The van der Waals surface area contributed by atoms with Crippen LogP contribution in [0.4, 0.5) is 0 Å². The summed E-state index contributed by atoms with van der Waals surface area (Å²) in [6, 6.07) is 0. The fourth-order valence-electron chi connectivity index (χ4n) is 1.04. The number of thioether (sulfide) groups is 1. The lowest BCUT2D eigenvalue weighted by atomic mass is 10.4. The minimum absolute atomic E-state index is 0.0251. The fraction of sp³-hybridized carbons (Fsp3) is 0.600. The van der Waals surface area contributed by atoms with Gasteiger partial charge in [0.2, 0.25) is 0 Å². The standard InChI is InChI=1S/C10H15IN2OS/c1-4-6(2)15-5-8-12-7(3)9(11)10(14)13-8/h6H,4-5H2,1-3H3,(H,12,13,14). The predicted molar refractivity (Wildman–Crippen MR) is 73.4 cm³/mol. The molecule has 0 saturated heterocycles. The Morgan fingerprint density at radius 1 is 1.60 bits per heavy atom. The smallest absolute Gasteiger partial charge is 0.264 e. The zero-order valence-electron chi connectivity index (χ0n) is 9.13. The molecule has 1 rings (SSSR count). The van der Waals surface area contributed by atoms with E-state index in [4.69, 9.17) is 0 Å². The van der Waals surface area contributed by atoms with E-state index in [1.54, 1.807) is 0 Å². The van der Waals surface area contributed by atoms with Crippen LogP contribution in [0.15, 0.2) is 4.79 Å². The number of nitrogens with zero attached hydrogens (tertiary/aromatic N) is 1. The van der Waals surface area contributed by atoms with Gasteiger partial charge in [-0.05, 0) is 35.9 Å². The van der Waals surface area contributed by atoms with E-state index in [2.05, 4.69) is 23.8 Å². The monoisotopic (exact) mass is 338 g/mol. The lowest BCUT2D eigenvalue weighted by molar-refractivity contribution is 0.896. The zero-order chi connectivity index (χ0) is 11.4. The summed E-state index contributed by atoms with van der Waals surface area (Å²) < 4.78 is 0.685. The zero-order valence-corrected chi connectivity index (χ0v) is 12.1. The Kier molecular flexibility index (Phi) is 5.11. The van der Waals surface area contributed by atoms with Crippen molar-refractivity contribution in [1.82, 2.24) is 9.97 Å². The predicted octanol–water partition coefficient (Wildman–Crippen LogP) is 2.71. The van der Waals surface area contributed by atoms with Crippen molar-refractivity contribution in [3.8, 4) is 0 Å². The van der Waals surface area contributed by atoms with Crippen LogP contribution in [0.3, 0.4) is 0 Å². The van der Waals surface area contributed by atoms with Gasteiger partial charge in [0.25, 0.3) is 5.56 Å². The second-order valence-electron chi connectivity index (χ2n) is 3.44. The van der Waals surface area contributed by atoms with E-state index < -0.39 is 0 Å². The minimum Gasteiger partial charge on any atom is -0.309 e. The quantitative estimate of drug-likeness (QED) is 0.859. The number of hydrogen-bond donors (Lipinski definition) is 1. The second-order valence-corrected chi connectivity index (χ2v) is 5.95. The number of rotatable bonds is 4. The Bertz CT molecular complexity index is 391. The summed E-state index contributed by atoms with van der Waals surface area (Å²) >= 11 is 3.84. The maximum absolute atomic E-state index is 11.5. The van der Waals surface area contributed by atoms with Gasteiger partial charge < -0.3 is 4.98 Å². The lowest BCUT2D eigenvalue weighted by Gasteiger charge is -2.07. The molecular weight excluding hydrogens is 323 g/mol. The van der Waals surface area contributed by atoms with Crippen molar-refractivity contribution in [2.45, 2.75) is 38.2 Å². The summed E-state index contributed by atoms with van der Waals surface area (Å²) in [4.78, 5) is 18.6. The Labute approximate surface area is 108 Å². The van der Waals surface area contributed by atoms with Crippen molar-refractivity contribution >= 4 is 34.4 Å². The Morgan fingerprint density at radius 3 is 2.80 bits per heavy atom. The molecule has 1 unspecified atom stereocenters. The average molecular weight is 338 g/mol. The highest BCUT2D eigenvalue weighted by atomic mass is 127. The summed E-state index contributed by atoms with van der Waals surface area (Å²) in [6.07, 6.45) is 1.14. The molecule has 0 saturated carbocycles. The van der Waals surface area contributed by atoms with E-state index in [9.17, 15) is 4.79 Å². The molecule has 3 nitrogen and oxygen atoms in total. The van der Waals surface area contributed by atoms with Crippen molar-refractivity contribution in [2.75, 3.05) is 0 Å². The van der Waals surface area contributed by atoms with Crippen LogP contribution < -0.4 is 5.56 Å². The molecule has 0 aliphatic heterocycles. The van der Waals surface area contributed by atoms with Crippen molar-refractivity contribution in [3.05, 3.63) is 25.4 Å². The SMILES string of the molecule is CCC(C)SCc1nc(C)c(I)c(=O)[nH]1. The molecule has 15 heavy (non-hydrogen) atoms. The molecule has 1 N–H and O–H groups in total. The maximum atomic E-state index is 11.5. The number of halogens is 1. The highest BCUT2D eigenvalue weighted by Gasteiger charge is 2.06. The van der Waals surface area contributed by atoms with E-state index in [1.165, 1.54) is 0 Å². The molecule has 0 fully saturated rings. The van der Waals surface area contributed by atoms with Crippen LogP contribution >= 0.6 is 34.4 Å². The van der Waals surface area contributed by atoms with E-state index in [1.807, 2.05) is 41.3 Å². The maximum Gasteiger partial charge on any atom is 0.264 e. The summed E-state index contributed by atoms with van der Waals surface area (Å²) in [5, 5.41) is 0.606. The topological polar surface area (TPSA) is 45.8 Å². The van der Waals surface area contributed by atoms with Crippen molar-refractivity contribution < 1.29 is 0 Å². The van der Waals surface area contributed by atoms with Crippen LogP contribution in [0.25, 0.3) is 0 Å². The Balaban J connectivity index is 2.75. The third-order valence-corrected chi connectivity index (χ3v) is 4.77. The molecule has 0 amide bonds. The van der Waals surface area contributed by atoms with E-state index in [0.717, 1.165) is 23.7 Å². The van der Waals surface area contributed by atoms with E-state index >= 15 is 0 Å². The number of aryl methyl sites for hydroxylation is 1. The van der Waals surface area contributed by atoms with Crippen LogP contribution in [0.2, 0.25) is 0 Å². The number of nitrogens with one attached hydrogen (secondary N) is 1. The highest BCUT2D eigenvalue weighted by molar-refractivity contribution is 14.1. The van der Waals surface area contributed by atoms with Gasteiger partial charge in [-0.15, -0.1) is 0 Å². The number of aromatic nitrogens is 2. The molecule has 1 heterocycles. The molecule has 0 bridgehead atoms. The molecule has 1 aromatic heterocycles. The van der Waals surface area contributed by atoms with Gasteiger partial charge in [-0.1, -0.05) is 13.8 Å². The Morgan fingerprint density at radius 2 is 2.27 bits per heavy atom. The summed E-state index contributed by atoms with van der Waals surface area (Å²) in [7, 11) is 0. The third-order valence-electron chi connectivity index (χ3n) is 2.16. The van der Waals surface area contributed by atoms with Crippen LogP contribution in [0.5, 0.6) is 0 Å². The van der Waals surface area contributed by atoms with E-state index in [-0.39, 0.29) is 5.56 Å². The molecule has 0 aliphatic carbocycles. The van der Waals surface area contributed by atoms with Crippen LogP contribution in [-0.4, -0.2) is 15.2 Å². The first-order valence-corrected chi connectivity index (χ1v) is 7.04. The molecule has 0 aliphatic rings. The van der Waals surface area contributed by atoms with E-state index in [0.29, 0.717) is 8.82 Å². The number of aromatic amines is 1. The summed E-state index contributed by atoms with van der Waals surface area (Å²) in [5.74, 6) is 1.56. The molecular formula is C10H15IN2OS. The van der Waals surface area contributed by atoms with Crippen LogP contribution in [0, 0.1) is 10.5 Å².